The van der Waals surface area contributed by atoms with E-state index in [9.17, 15) is 0 Å². The van der Waals surface area contributed by atoms with Crippen LogP contribution in [0.3, 0.4) is 0 Å². The van der Waals surface area contributed by atoms with Crippen molar-refractivity contribution < 1.29 is 4.74 Å². The third-order valence-electron chi connectivity index (χ3n) is 5.41. The lowest BCUT2D eigenvalue weighted by atomic mass is 9.80. The summed E-state index contributed by atoms with van der Waals surface area (Å²) in [5, 5.41) is 1.13. The molecule has 0 aromatic rings. The molecular formula is C15H28BrNO. The van der Waals surface area contributed by atoms with E-state index in [-0.39, 0.29) is 0 Å². The maximum absolute atomic E-state index is 5.53. The summed E-state index contributed by atoms with van der Waals surface area (Å²) in [6.45, 7) is 10.5. The summed E-state index contributed by atoms with van der Waals surface area (Å²) in [7, 11) is 0. The number of likely N-dealkylation sites (tertiary alicyclic amines) is 1. The minimum atomic E-state index is 0.468. The van der Waals surface area contributed by atoms with Gasteiger partial charge in [-0.2, -0.15) is 0 Å². The van der Waals surface area contributed by atoms with Crippen molar-refractivity contribution in [1.82, 2.24) is 4.90 Å². The number of ether oxygens (including phenoxy) is 1. The van der Waals surface area contributed by atoms with Gasteiger partial charge in [-0.15, -0.1) is 0 Å². The normalized spacial score (nSPS) is 27.5. The Balaban J connectivity index is 1.93. The number of rotatable bonds is 5. The van der Waals surface area contributed by atoms with Gasteiger partial charge in [0.15, 0.2) is 0 Å². The molecule has 3 heteroatoms. The summed E-state index contributed by atoms with van der Waals surface area (Å²) in [5.74, 6) is 0. The van der Waals surface area contributed by atoms with Gasteiger partial charge in [-0.3, -0.25) is 0 Å². The first-order valence-electron chi connectivity index (χ1n) is 7.54. The molecule has 2 fully saturated rings. The van der Waals surface area contributed by atoms with Gasteiger partial charge < -0.3 is 9.64 Å². The average molecular weight is 318 g/mol. The largest absolute Gasteiger partial charge is 0.381 e. The zero-order valence-electron chi connectivity index (χ0n) is 12.0. The van der Waals surface area contributed by atoms with Gasteiger partial charge >= 0.3 is 0 Å². The standard InChI is InChI=1S/C15H28BrNO/c1-3-14(4-2)5-8-17(12-14)13-15(11-16)6-9-18-10-7-15/h3-13H2,1-2H3. The Morgan fingerprint density at radius 1 is 1.06 bits per heavy atom. The van der Waals surface area contributed by atoms with Crippen LogP contribution in [-0.2, 0) is 4.74 Å². The van der Waals surface area contributed by atoms with Gasteiger partial charge in [-0.05, 0) is 49.5 Å². The summed E-state index contributed by atoms with van der Waals surface area (Å²) >= 11 is 3.76. The van der Waals surface area contributed by atoms with Crippen molar-refractivity contribution in [3.05, 3.63) is 0 Å². The molecule has 0 amide bonds. The Labute approximate surface area is 121 Å². The molecule has 106 valence electrons. The predicted octanol–water partition coefficient (Wildman–Crippen LogP) is 3.69. The number of hydrogen-bond acceptors (Lipinski definition) is 2. The van der Waals surface area contributed by atoms with E-state index >= 15 is 0 Å². The summed E-state index contributed by atoms with van der Waals surface area (Å²) in [6.07, 6.45) is 6.52. The topological polar surface area (TPSA) is 12.5 Å². The van der Waals surface area contributed by atoms with Gasteiger partial charge in [0.1, 0.15) is 0 Å². The van der Waals surface area contributed by atoms with E-state index in [1.165, 1.54) is 51.7 Å². The van der Waals surface area contributed by atoms with Crippen LogP contribution in [-0.4, -0.2) is 43.1 Å². The maximum Gasteiger partial charge on any atom is 0.0472 e. The van der Waals surface area contributed by atoms with Crippen LogP contribution in [0, 0.1) is 10.8 Å². The SMILES string of the molecule is CCC1(CC)CCN(CC2(CBr)CCOCC2)C1. The molecule has 2 aliphatic rings. The third-order valence-corrected chi connectivity index (χ3v) is 6.60. The zero-order valence-corrected chi connectivity index (χ0v) is 13.6. The third kappa shape index (κ3) is 3.10. The lowest BCUT2D eigenvalue weighted by Gasteiger charge is -2.39. The molecule has 2 rings (SSSR count). The Bertz CT molecular complexity index is 259. The molecule has 0 aromatic heterocycles. The lowest BCUT2D eigenvalue weighted by molar-refractivity contribution is 0.00990. The molecule has 2 nitrogen and oxygen atoms in total. The van der Waals surface area contributed by atoms with Crippen molar-refractivity contribution in [3.8, 4) is 0 Å². The van der Waals surface area contributed by atoms with Crippen LogP contribution in [0.15, 0.2) is 0 Å². The number of halogens is 1. The monoisotopic (exact) mass is 317 g/mol. The van der Waals surface area contributed by atoms with Crippen molar-refractivity contribution >= 4 is 15.9 Å². The zero-order chi connectivity index (χ0) is 13.1. The second-order valence-corrected chi connectivity index (χ2v) is 6.97. The molecular weight excluding hydrogens is 290 g/mol. The van der Waals surface area contributed by atoms with Gasteiger partial charge in [-0.1, -0.05) is 29.8 Å². The molecule has 0 aromatic carbocycles. The fraction of sp³-hybridized carbons (Fsp3) is 1.00. The molecule has 0 bridgehead atoms. The highest BCUT2D eigenvalue weighted by atomic mass is 79.9. The molecule has 0 spiro atoms. The van der Waals surface area contributed by atoms with E-state index in [2.05, 4.69) is 34.7 Å². The van der Waals surface area contributed by atoms with Crippen LogP contribution >= 0.6 is 15.9 Å². The van der Waals surface area contributed by atoms with E-state index in [4.69, 9.17) is 4.74 Å². The summed E-state index contributed by atoms with van der Waals surface area (Å²) in [6, 6.07) is 0. The Kier molecular flexibility index (Phi) is 5.13. The van der Waals surface area contributed by atoms with Gasteiger partial charge in [0.2, 0.25) is 0 Å². The molecule has 2 heterocycles. The molecule has 2 saturated heterocycles. The highest BCUT2D eigenvalue weighted by molar-refractivity contribution is 9.09. The van der Waals surface area contributed by atoms with Crippen LogP contribution in [0.25, 0.3) is 0 Å². The first-order chi connectivity index (χ1) is 8.67. The van der Waals surface area contributed by atoms with E-state index in [1.807, 2.05) is 0 Å². The van der Waals surface area contributed by atoms with Crippen LogP contribution in [0.4, 0.5) is 0 Å². The molecule has 0 unspecified atom stereocenters. The van der Waals surface area contributed by atoms with E-state index in [0.717, 1.165) is 18.5 Å². The second kappa shape index (κ2) is 6.23. The minimum absolute atomic E-state index is 0.468. The second-order valence-electron chi connectivity index (χ2n) is 6.41. The fourth-order valence-corrected chi connectivity index (χ4v) is 4.34. The lowest BCUT2D eigenvalue weighted by Crippen LogP contribution is -2.42. The smallest absolute Gasteiger partial charge is 0.0472 e. The molecule has 2 aliphatic heterocycles. The van der Waals surface area contributed by atoms with Crippen LogP contribution in [0.5, 0.6) is 0 Å². The Hall–Kier alpha value is 0.400. The molecule has 0 atom stereocenters. The first kappa shape index (κ1) is 14.8. The van der Waals surface area contributed by atoms with E-state index in [0.29, 0.717) is 10.8 Å². The highest BCUT2D eigenvalue weighted by Gasteiger charge is 2.39. The van der Waals surface area contributed by atoms with Crippen molar-refractivity contribution in [2.45, 2.75) is 46.0 Å². The summed E-state index contributed by atoms with van der Waals surface area (Å²) in [4.78, 5) is 2.72. The van der Waals surface area contributed by atoms with Crippen molar-refractivity contribution in [3.63, 3.8) is 0 Å². The van der Waals surface area contributed by atoms with Gasteiger partial charge in [0, 0.05) is 31.6 Å². The quantitative estimate of drug-likeness (QED) is 0.717. The van der Waals surface area contributed by atoms with Gasteiger partial charge in [0.25, 0.3) is 0 Å². The van der Waals surface area contributed by atoms with Crippen LogP contribution < -0.4 is 0 Å². The summed E-state index contributed by atoms with van der Waals surface area (Å²) < 4.78 is 5.53. The molecule has 0 saturated carbocycles. The maximum atomic E-state index is 5.53. The van der Waals surface area contributed by atoms with Gasteiger partial charge in [0.05, 0.1) is 0 Å². The van der Waals surface area contributed by atoms with Crippen molar-refractivity contribution in [2.24, 2.45) is 10.8 Å². The predicted molar refractivity (Wildman–Crippen MR) is 80.4 cm³/mol. The van der Waals surface area contributed by atoms with E-state index < -0.39 is 0 Å². The Morgan fingerprint density at radius 2 is 1.72 bits per heavy atom. The van der Waals surface area contributed by atoms with Gasteiger partial charge in [-0.25, -0.2) is 0 Å². The molecule has 0 N–H and O–H groups in total. The van der Waals surface area contributed by atoms with Crippen LogP contribution in [0.1, 0.15) is 46.0 Å². The molecule has 0 aliphatic carbocycles. The molecule has 0 radical (unpaired) electrons. The highest BCUT2D eigenvalue weighted by Crippen LogP contribution is 2.40. The fourth-order valence-electron chi connectivity index (χ4n) is 3.60. The average Bonchev–Trinajstić information content (AvgIpc) is 2.84. The number of hydrogen-bond donors (Lipinski definition) is 0. The minimum Gasteiger partial charge on any atom is -0.381 e. The molecule has 18 heavy (non-hydrogen) atoms. The summed E-state index contributed by atoms with van der Waals surface area (Å²) in [5.41, 5.74) is 1.08. The van der Waals surface area contributed by atoms with E-state index in [1.54, 1.807) is 0 Å². The van der Waals surface area contributed by atoms with Crippen molar-refractivity contribution in [1.29, 1.82) is 0 Å². The van der Waals surface area contributed by atoms with Crippen LogP contribution in [0.2, 0.25) is 0 Å². The number of nitrogens with zero attached hydrogens (tertiary/aromatic N) is 1. The van der Waals surface area contributed by atoms with Crippen molar-refractivity contribution in [2.75, 3.05) is 38.2 Å². The number of alkyl halides is 1. The first-order valence-corrected chi connectivity index (χ1v) is 8.66. The Morgan fingerprint density at radius 3 is 2.22 bits per heavy atom.